The van der Waals surface area contributed by atoms with Crippen LogP contribution in [0.15, 0.2) is 48.5 Å². The minimum atomic E-state index is -1.25. The van der Waals surface area contributed by atoms with Crippen LogP contribution in [0, 0.1) is 0 Å². The van der Waals surface area contributed by atoms with Crippen molar-refractivity contribution in [1.82, 2.24) is 15.1 Å². The second kappa shape index (κ2) is 9.27. The predicted molar refractivity (Wildman–Crippen MR) is 121 cm³/mol. The Kier molecular flexibility index (Phi) is 6.94. The first-order valence-electron chi connectivity index (χ1n) is 10.1. The molecule has 1 heterocycles. The van der Waals surface area contributed by atoms with Gasteiger partial charge in [-0.3, -0.25) is 9.69 Å². The standard InChI is InChI=1S/C23H27Cl2N3O2/c1-4-5-11-20-27(3)21(29)23(28(20)22(30)26-2,15-16-9-7-6-8-10-16)17-12-18(24)14-19(25)13-17/h6-10,12-14,20H,4-5,11,15H2,1-3H3,(H,26,30). The molecule has 3 amide bonds. The highest BCUT2D eigenvalue weighted by Crippen LogP contribution is 2.44. The SMILES string of the molecule is CCCCC1N(C)C(=O)C(Cc2ccccc2)(c2cc(Cl)cc(Cl)c2)N1C(=O)NC. The normalized spacial score (nSPS) is 21.2. The summed E-state index contributed by atoms with van der Waals surface area (Å²) < 4.78 is 0. The fraction of sp³-hybridized carbons (Fsp3) is 0.391. The molecule has 2 aromatic rings. The van der Waals surface area contributed by atoms with Crippen LogP contribution in [0.5, 0.6) is 0 Å². The van der Waals surface area contributed by atoms with Crippen LogP contribution < -0.4 is 5.32 Å². The van der Waals surface area contributed by atoms with Crippen LogP contribution in [0.1, 0.15) is 37.3 Å². The summed E-state index contributed by atoms with van der Waals surface area (Å²) in [4.78, 5) is 30.4. The van der Waals surface area contributed by atoms with Crippen molar-refractivity contribution in [3.8, 4) is 0 Å². The van der Waals surface area contributed by atoms with Gasteiger partial charge in [-0.05, 0) is 42.2 Å². The molecule has 0 aromatic heterocycles. The molecule has 2 unspecified atom stereocenters. The van der Waals surface area contributed by atoms with E-state index in [1.807, 2.05) is 30.3 Å². The van der Waals surface area contributed by atoms with Crippen LogP contribution in [0.4, 0.5) is 4.79 Å². The topological polar surface area (TPSA) is 52.7 Å². The van der Waals surface area contributed by atoms with Crippen molar-refractivity contribution in [2.24, 2.45) is 0 Å². The molecule has 0 spiro atoms. The van der Waals surface area contributed by atoms with Gasteiger partial charge in [-0.15, -0.1) is 0 Å². The van der Waals surface area contributed by atoms with Gasteiger partial charge in [0, 0.05) is 30.6 Å². The molecule has 1 fully saturated rings. The van der Waals surface area contributed by atoms with Crippen molar-refractivity contribution >= 4 is 35.1 Å². The maximum atomic E-state index is 13.9. The van der Waals surface area contributed by atoms with Crippen LogP contribution in [0.25, 0.3) is 0 Å². The van der Waals surface area contributed by atoms with Crippen LogP contribution in [0.2, 0.25) is 10.0 Å². The fourth-order valence-corrected chi connectivity index (χ4v) is 4.83. The van der Waals surface area contributed by atoms with E-state index in [4.69, 9.17) is 23.2 Å². The number of hydrogen-bond acceptors (Lipinski definition) is 2. The van der Waals surface area contributed by atoms with E-state index in [2.05, 4.69) is 12.2 Å². The molecule has 2 aromatic carbocycles. The molecular weight excluding hydrogens is 421 g/mol. The summed E-state index contributed by atoms with van der Waals surface area (Å²) in [7, 11) is 3.34. The third kappa shape index (κ3) is 4.01. The van der Waals surface area contributed by atoms with Crippen molar-refractivity contribution in [3.05, 3.63) is 69.7 Å². The first-order chi connectivity index (χ1) is 14.3. The van der Waals surface area contributed by atoms with Gasteiger partial charge in [-0.2, -0.15) is 0 Å². The summed E-state index contributed by atoms with van der Waals surface area (Å²) in [5.74, 6) is -0.144. The van der Waals surface area contributed by atoms with Gasteiger partial charge in [0.2, 0.25) is 0 Å². The van der Waals surface area contributed by atoms with E-state index >= 15 is 0 Å². The molecular formula is C23H27Cl2N3O2. The summed E-state index contributed by atoms with van der Waals surface area (Å²) >= 11 is 12.7. The predicted octanol–water partition coefficient (Wildman–Crippen LogP) is 5.06. The second-order valence-corrected chi connectivity index (χ2v) is 8.52. The van der Waals surface area contributed by atoms with E-state index < -0.39 is 5.54 Å². The molecule has 1 N–H and O–H groups in total. The van der Waals surface area contributed by atoms with Crippen LogP contribution in [-0.2, 0) is 16.8 Å². The number of nitrogens with zero attached hydrogens (tertiary/aromatic N) is 2. The molecule has 0 radical (unpaired) electrons. The smallest absolute Gasteiger partial charge is 0.319 e. The third-order valence-electron chi connectivity index (χ3n) is 5.72. The van der Waals surface area contributed by atoms with Crippen LogP contribution in [-0.4, -0.2) is 42.0 Å². The number of unbranched alkanes of at least 4 members (excludes halogenated alkanes) is 1. The van der Waals surface area contributed by atoms with E-state index in [1.165, 1.54) is 0 Å². The Morgan fingerprint density at radius 1 is 1.13 bits per heavy atom. The number of carbonyl (C=O) groups is 2. The molecule has 0 bridgehead atoms. The number of amides is 3. The minimum Gasteiger partial charge on any atom is -0.341 e. The van der Waals surface area contributed by atoms with Crippen LogP contribution >= 0.6 is 23.2 Å². The molecule has 2 atom stereocenters. The Labute approximate surface area is 187 Å². The van der Waals surface area contributed by atoms with Gasteiger partial charge >= 0.3 is 6.03 Å². The van der Waals surface area contributed by atoms with Crippen molar-refractivity contribution in [2.45, 2.75) is 44.3 Å². The van der Waals surface area contributed by atoms with E-state index in [0.29, 0.717) is 28.5 Å². The molecule has 7 heteroatoms. The van der Waals surface area contributed by atoms with Gasteiger partial charge in [-0.25, -0.2) is 4.79 Å². The van der Waals surface area contributed by atoms with Crippen LogP contribution in [0.3, 0.4) is 0 Å². The highest BCUT2D eigenvalue weighted by atomic mass is 35.5. The number of likely N-dealkylation sites (N-methyl/N-ethyl adjacent to an activating group) is 1. The zero-order valence-corrected chi connectivity index (χ0v) is 19.0. The van der Waals surface area contributed by atoms with Gasteiger partial charge in [0.15, 0.2) is 5.54 Å². The summed E-state index contributed by atoms with van der Waals surface area (Å²) in [6.07, 6.45) is 2.52. The largest absolute Gasteiger partial charge is 0.341 e. The molecule has 0 aliphatic carbocycles. The molecule has 1 aliphatic rings. The number of benzene rings is 2. The monoisotopic (exact) mass is 447 g/mol. The van der Waals surface area contributed by atoms with E-state index in [-0.39, 0.29) is 18.1 Å². The van der Waals surface area contributed by atoms with Crippen molar-refractivity contribution < 1.29 is 9.59 Å². The molecule has 1 saturated heterocycles. The average Bonchev–Trinajstić information content (AvgIpc) is 2.94. The lowest BCUT2D eigenvalue weighted by atomic mass is 9.82. The van der Waals surface area contributed by atoms with Gasteiger partial charge in [0.05, 0.1) is 0 Å². The number of rotatable bonds is 6. The quantitative estimate of drug-likeness (QED) is 0.672. The first kappa shape index (κ1) is 22.4. The van der Waals surface area contributed by atoms with Crippen molar-refractivity contribution in [2.75, 3.05) is 14.1 Å². The molecule has 0 saturated carbocycles. The summed E-state index contributed by atoms with van der Waals surface area (Å²) in [5.41, 5.74) is 0.312. The molecule has 3 rings (SSSR count). The number of nitrogens with one attached hydrogen (secondary N) is 1. The highest BCUT2D eigenvalue weighted by molar-refractivity contribution is 6.34. The lowest BCUT2D eigenvalue weighted by molar-refractivity contribution is -0.133. The van der Waals surface area contributed by atoms with Crippen molar-refractivity contribution in [3.63, 3.8) is 0 Å². The highest BCUT2D eigenvalue weighted by Gasteiger charge is 2.59. The van der Waals surface area contributed by atoms with Gasteiger partial charge < -0.3 is 10.2 Å². The number of hydrogen-bond donors (Lipinski definition) is 1. The zero-order valence-electron chi connectivity index (χ0n) is 17.5. The summed E-state index contributed by atoms with van der Waals surface area (Å²) in [5, 5.41) is 3.59. The van der Waals surface area contributed by atoms with E-state index in [9.17, 15) is 9.59 Å². The maximum absolute atomic E-state index is 13.9. The second-order valence-electron chi connectivity index (χ2n) is 7.64. The Morgan fingerprint density at radius 3 is 2.33 bits per heavy atom. The Morgan fingerprint density at radius 2 is 1.77 bits per heavy atom. The Bertz CT molecular complexity index is 902. The average molecular weight is 448 g/mol. The third-order valence-corrected chi connectivity index (χ3v) is 6.16. The summed E-state index contributed by atoms with van der Waals surface area (Å²) in [6, 6.07) is 14.5. The fourth-order valence-electron chi connectivity index (χ4n) is 4.31. The first-order valence-corrected chi connectivity index (χ1v) is 10.9. The molecule has 5 nitrogen and oxygen atoms in total. The lowest BCUT2D eigenvalue weighted by Crippen LogP contribution is -2.55. The van der Waals surface area contributed by atoms with Gasteiger partial charge in [0.25, 0.3) is 5.91 Å². The van der Waals surface area contributed by atoms with Gasteiger partial charge in [0.1, 0.15) is 6.17 Å². The summed E-state index contributed by atoms with van der Waals surface area (Å²) in [6.45, 7) is 2.09. The number of urea groups is 1. The Hall–Kier alpha value is -2.24. The van der Waals surface area contributed by atoms with Gasteiger partial charge in [-0.1, -0.05) is 66.9 Å². The molecule has 160 valence electrons. The molecule has 1 aliphatic heterocycles. The molecule has 30 heavy (non-hydrogen) atoms. The van der Waals surface area contributed by atoms with E-state index in [0.717, 1.165) is 18.4 Å². The van der Waals surface area contributed by atoms with E-state index in [1.54, 1.807) is 42.1 Å². The number of halogens is 2. The Balaban J connectivity index is 2.26. The van der Waals surface area contributed by atoms with Crippen molar-refractivity contribution in [1.29, 1.82) is 0 Å². The maximum Gasteiger partial charge on any atom is 0.319 e. The zero-order chi connectivity index (χ0) is 21.9. The minimum absolute atomic E-state index is 0.144. The number of carbonyl (C=O) groups excluding carboxylic acids is 2. The lowest BCUT2D eigenvalue weighted by Gasteiger charge is -2.38.